The van der Waals surface area contributed by atoms with Gasteiger partial charge in [0.1, 0.15) is 11.2 Å². The average Bonchev–Trinajstić information content (AvgIpc) is 3.12. The first kappa shape index (κ1) is 15.9. The van der Waals surface area contributed by atoms with Crippen molar-refractivity contribution in [1.82, 2.24) is 0 Å². The number of benzene rings is 3. The summed E-state index contributed by atoms with van der Waals surface area (Å²) in [6, 6.07) is 18.4. The van der Waals surface area contributed by atoms with Crippen molar-refractivity contribution in [2.45, 2.75) is 20.3 Å². The lowest BCUT2D eigenvalue weighted by molar-refractivity contribution is 0.554. The van der Waals surface area contributed by atoms with Crippen molar-refractivity contribution in [1.29, 1.82) is 0 Å². The van der Waals surface area contributed by atoms with Crippen LogP contribution in [0, 0.1) is 6.92 Å². The van der Waals surface area contributed by atoms with E-state index in [4.69, 9.17) is 8.83 Å². The second-order valence-electron chi connectivity index (χ2n) is 6.91. The molecule has 0 unspecified atom stereocenters. The van der Waals surface area contributed by atoms with E-state index in [0.717, 1.165) is 45.0 Å². The highest BCUT2D eigenvalue weighted by Crippen LogP contribution is 2.37. The second-order valence-corrected chi connectivity index (χ2v) is 6.91. The molecule has 0 aliphatic heterocycles. The molecule has 0 aliphatic rings. The zero-order valence-corrected chi connectivity index (χ0v) is 15.2. The van der Waals surface area contributed by atoms with Crippen LogP contribution in [0.3, 0.4) is 0 Å². The Bertz CT molecular complexity index is 1390. The van der Waals surface area contributed by atoms with Crippen molar-refractivity contribution in [3.63, 3.8) is 0 Å². The molecule has 0 saturated carbocycles. The molecule has 0 aliphatic carbocycles. The number of fused-ring (bicyclic) bond motifs is 3. The van der Waals surface area contributed by atoms with E-state index < -0.39 is 0 Å². The van der Waals surface area contributed by atoms with Gasteiger partial charge in [-0.3, -0.25) is 0 Å². The normalized spacial score (nSPS) is 11.6. The van der Waals surface area contributed by atoms with Crippen molar-refractivity contribution in [2.24, 2.45) is 0 Å². The molecular formula is C24H18O3. The van der Waals surface area contributed by atoms with Crippen LogP contribution in [-0.2, 0) is 6.42 Å². The van der Waals surface area contributed by atoms with E-state index >= 15 is 0 Å². The zero-order valence-electron chi connectivity index (χ0n) is 15.2. The first-order valence-electron chi connectivity index (χ1n) is 9.12. The highest BCUT2D eigenvalue weighted by atomic mass is 16.4. The highest BCUT2D eigenvalue weighted by molar-refractivity contribution is 6.05. The highest BCUT2D eigenvalue weighted by Gasteiger charge is 2.16. The maximum absolute atomic E-state index is 11.9. The molecule has 27 heavy (non-hydrogen) atoms. The minimum absolute atomic E-state index is 0.317. The minimum Gasteiger partial charge on any atom is -0.463 e. The maximum Gasteiger partial charge on any atom is 0.336 e. The summed E-state index contributed by atoms with van der Waals surface area (Å²) < 4.78 is 11.4. The summed E-state index contributed by atoms with van der Waals surface area (Å²) in [5.74, 6) is 0. The lowest BCUT2D eigenvalue weighted by Gasteiger charge is -2.07. The molecule has 0 radical (unpaired) electrons. The first-order valence-corrected chi connectivity index (χ1v) is 9.12. The third-order valence-electron chi connectivity index (χ3n) is 5.33. The van der Waals surface area contributed by atoms with Gasteiger partial charge in [-0.2, -0.15) is 0 Å². The van der Waals surface area contributed by atoms with Gasteiger partial charge < -0.3 is 8.83 Å². The number of hydrogen-bond acceptors (Lipinski definition) is 3. The van der Waals surface area contributed by atoms with Crippen molar-refractivity contribution in [3.05, 3.63) is 82.4 Å². The Kier molecular flexibility index (Phi) is 3.44. The van der Waals surface area contributed by atoms with Crippen LogP contribution in [0.4, 0.5) is 0 Å². The van der Waals surface area contributed by atoms with Crippen LogP contribution in [0.15, 0.2) is 74.5 Å². The summed E-state index contributed by atoms with van der Waals surface area (Å²) in [6.07, 6.45) is 2.57. The Balaban J connectivity index is 1.84. The Morgan fingerprint density at radius 2 is 1.70 bits per heavy atom. The SMILES string of the molecule is CCc1cc(=O)oc2c(C)c3occ(-c4ccc5ccccc5c4)c3cc12. The third kappa shape index (κ3) is 2.39. The predicted molar refractivity (Wildman–Crippen MR) is 109 cm³/mol. The fraction of sp³-hybridized carbons (Fsp3) is 0.125. The minimum atomic E-state index is -0.317. The van der Waals surface area contributed by atoms with Gasteiger partial charge in [-0.1, -0.05) is 43.3 Å². The zero-order chi connectivity index (χ0) is 18.5. The average molecular weight is 354 g/mol. The fourth-order valence-electron chi connectivity index (χ4n) is 3.91. The van der Waals surface area contributed by atoms with E-state index in [0.29, 0.717) is 5.58 Å². The molecule has 2 heterocycles. The molecule has 5 rings (SSSR count). The van der Waals surface area contributed by atoms with Gasteiger partial charge >= 0.3 is 5.63 Å². The van der Waals surface area contributed by atoms with Crippen LogP contribution in [0.25, 0.3) is 43.8 Å². The van der Waals surface area contributed by atoms with Gasteiger partial charge in [0.25, 0.3) is 0 Å². The van der Waals surface area contributed by atoms with E-state index in [1.807, 2.05) is 26.0 Å². The molecule has 0 spiro atoms. The maximum atomic E-state index is 11.9. The van der Waals surface area contributed by atoms with Gasteiger partial charge in [0.2, 0.25) is 0 Å². The molecule has 0 atom stereocenters. The molecule has 3 nitrogen and oxygen atoms in total. The van der Waals surface area contributed by atoms with Gasteiger partial charge in [-0.15, -0.1) is 0 Å². The van der Waals surface area contributed by atoms with Crippen LogP contribution in [0.5, 0.6) is 0 Å². The fourth-order valence-corrected chi connectivity index (χ4v) is 3.91. The monoisotopic (exact) mass is 354 g/mol. The molecule has 0 saturated heterocycles. The van der Waals surface area contributed by atoms with Crippen molar-refractivity contribution in [2.75, 3.05) is 0 Å². The van der Waals surface area contributed by atoms with Gasteiger partial charge in [0.15, 0.2) is 0 Å². The largest absolute Gasteiger partial charge is 0.463 e. The van der Waals surface area contributed by atoms with Gasteiger partial charge in [-0.05, 0) is 47.4 Å². The Morgan fingerprint density at radius 3 is 2.52 bits per heavy atom. The van der Waals surface area contributed by atoms with Crippen molar-refractivity contribution < 1.29 is 8.83 Å². The molecule has 2 aromatic heterocycles. The van der Waals surface area contributed by atoms with E-state index in [1.54, 1.807) is 12.3 Å². The number of furan rings is 1. The number of aryl methyl sites for hydroxylation is 2. The molecule has 5 aromatic rings. The van der Waals surface area contributed by atoms with E-state index in [1.165, 1.54) is 10.8 Å². The summed E-state index contributed by atoms with van der Waals surface area (Å²) in [4.78, 5) is 11.9. The first-order chi connectivity index (χ1) is 13.2. The lowest BCUT2D eigenvalue weighted by atomic mass is 9.97. The van der Waals surface area contributed by atoms with Gasteiger partial charge in [-0.25, -0.2) is 4.79 Å². The molecule has 132 valence electrons. The van der Waals surface area contributed by atoms with E-state index in [-0.39, 0.29) is 5.63 Å². The van der Waals surface area contributed by atoms with E-state index in [9.17, 15) is 4.79 Å². The summed E-state index contributed by atoms with van der Waals surface area (Å²) in [6.45, 7) is 3.99. The van der Waals surface area contributed by atoms with Crippen molar-refractivity contribution >= 4 is 32.7 Å². The number of hydrogen-bond donors (Lipinski definition) is 0. The van der Waals surface area contributed by atoms with Crippen LogP contribution in [0.2, 0.25) is 0 Å². The Labute approximate surface area is 155 Å². The van der Waals surface area contributed by atoms with Crippen LogP contribution < -0.4 is 5.63 Å². The molecule has 0 N–H and O–H groups in total. The van der Waals surface area contributed by atoms with Crippen LogP contribution in [0.1, 0.15) is 18.1 Å². The van der Waals surface area contributed by atoms with Gasteiger partial charge in [0.05, 0.1) is 6.26 Å². The summed E-state index contributed by atoms with van der Waals surface area (Å²) in [5, 5.41) is 4.43. The van der Waals surface area contributed by atoms with Crippen LogP contribution in [-0.4, -0.2) is 0 Å². The summed E-state index contributed by atoms with van der Waals surface area (Å²) in [5.41, 5.74) is 5.09. The smallest absolute Gasteiger partial charge is 0.336 e. The summed E-state index contributed by atoms with van der Waals surface area (Å²) in [7, 11) is 0. The molecule has 3 aromatic carbocycles. The quantitative estimate of drug-likeness (QED) is 0.353. The predicted octanol–water partition coefficient (Wildman–Crippen LogP) is 6.23. The lowest BCUT2D eigenvalue weighted by Crippen LogP contribution is -2.01. The van der Waals surface area contributed by atoms with Crippen LogP contribution >= 0.6 is 0 Å². The molecule has 3 heteroatoms. The standard InChI is InChI=1S/C24H18O3/c1-3-15-11-22(25)27-24-14(2)23-20(12-19(15)24)21(13-26-23)18-9-8-16-6-4-5-7-17(16)10-18/h4-13H,3H2,1-2H3. The Morgan fingerprint density at radius 1 is 0.889 bits per heavy atom. The molecular weight excluding hydrogens is 336 g/mol. The molecule has 0 bridgehead atoms. The second kappa shape index (κ2) is 5.85. The molecule has 0 fully saturated rings. The van der Waals surface area contributed by atoms with E-state index in [2.05, 4.69) is 36.4 Å². The van der Waals surface area contributed by atoms with Gasteiger partial charge in [0, 0.05) is 28.0 Å². The molecule has 0 amide bonds. The third-order valence-corrected chi connectivity index (χ3v) is 5.33. The summed E-state index contributed by atoms with van der Waals surface area (Å²) >= 11 is 0. The topological polar surface area (TPSA) is 43.4 Å². The Hall–Kier alpha value is -3.33. The van der Waals surface area contributed by atoms with Crippen molar-refractivity contribution in [3.8, 4) is 11.1 Å². The number of rotatable bonds is 2.